The van der Waals surface area contributed by atoms with Gasteiger partial charge in [0.25, 0.3) is 0 Å². The van der Waals surface area contributed by atoms with E-state index in [1.165, 1.54) is 6.20 Å². The van der Waals surface area contributed by atoms with Crippen LogP contribution in [0.15, 0.2) is 42.9 Å². The first kappa shape index (κ1) is 13.6. The van der Waals surface area contributed by atoms with Crippen molar-refractivity contribution in [2.45, 2.75) is 13.8 Å². The van der Waals surface area contributed by atoms with Gasteiger partial charge in [0.2, 0.25) is 0 Å². The van der Waals surface area contributed by atoms with Gasteiger partial charge < -0.3 is 10.1 Å². The molecule has 3 rings (SSSR count). The smallest absolute Gasteiger partial charge is 0.358 e. The third-order valence-corrected chi connectivity index (χ3v) is 2.47. The second kappa shape index (κ2) is 5.87. The van der Waals surface area contributed by atoms with E-state index in [9.17, 15) is 10.1 Å². The van der Waals surface area contributed by atoms with Gasteiger partial charge in [0, 0.05) is 6.20 Å². The second-order valence-corrected chi connectivity index (χ2v) is 3.58. The summed E-state index contributed by atoms with van der Waals surface area (Å²) in [4.78, 5) is 18.4. The molecular weight excluding hydrogens is 258 g/mol. The Labute approximate surface area is 115 Å². The summed E-state index contributed by atoms with van der Waals surface area (Å²) in [5.74, 6) is -0.207. The zero-order valence-electron chi connectivity index (χ0n) is 11.1. The van der Waals surface area contributed by atoms with E-state index < -0.39 is 4.92 Å². The third kappa shape index (κ3) is 2.46. The number of hydrogen-bond donors (Lipinski definition) is 0. The van der Waals surface area contributed by atoms with E-state index in [0.717, 1.165) is 0 Å². The predicted octanol–water partition coefficient (Wildman–Crippen LogP) is 2.73. The maximum Gasteiger partial charge on any atom is 0.372 e. The SMILES string of the molecule is CC.O=[N+]([O-])c1ncccc1-c1cn2ncccc2n1. The van der Waals surface area contributed by atoms with Gasteiger partial charge in [-0.25, -0.2) is 9.50 Å². The highest BCUT2D eigenvalue weighted by Crippen LogP contribution is 2.26. The molecule has 3 aromatic rings. The average molecular weight is 271 g/mol. The molecule has 0 radical (unpaired) electrons. The van der Waals surface area contributed by atoms with Gasteiger partial charge in [-0.15, -0.1) is 0 Å². The molecule has 0 atom stereocenters. The van der Waals surface area contributed by atoms with Gasteiger partial charge in [0.15, 0.2) is 5.65 Å². The lowest BCUT2D eigenvalue weighted by Crippen LogP contribution is -1.94. The first-order chi connectivity index (χ1) is 9.75. The van der Waals surface area contributed by atoms with Crippen LogP contribution in [0.1, 0.15) is 13.8 Å². The minimum Gasteiger partial charge on any atom is -0.358 e. The Kier molecular flexibility index (Phi) is 3.99. The van der Waals surface area contributed by atoms with Crippen molar-refractivity contribution in [1.29, 1.82) is 0 Å². The van der Waals surface area contributed by atoms with E-state index in [1.807, 2.05) is 13.8 Å². The van der Waals surface area contributed by atoms with Gasteiger partial charge in [0.05, 0.1) is 17.5 Å². The van der Waals surface area contributed by atoms with Crippen molar-refractivity contribution in [3.05, 3.63) is 53.0 Å². The van der Waals surface area contributed by atoms with E-state index in [0.29, 0.717) is 16.9 Å². The fraction of sp³-hybridized carbons (Fsp3) is 0.154. The summed E-state index contributed by atoms with van der Waals surface area (Å²) in [6, 6.07) is 6.79. The normalized spacial score (nSPS) is 9.90. The molecule has 3 aromatic heterocycles. The predicted molar refractivity (Wildman–Crippen MR) is 74.2 cm³/mol. The molecule has 0 fully saturated rings. The maximum atomic E-state index is 10.9. The molecule has 7 heteroatoms. The molecule has 102 valence electrons. The van der Waals surface area contributed by atoms with E-state index in [1.54, 1.807) is 41.2 Å². The molecule has 7 nitrogen and oxygen atoms in total. The third-order valence-electron chi connectivity index (χ3n) is 2.47. The summed E-state index contributed by atoms with van der Waals surface area (Å²) < 4.78 is 1.56. The first-order valence-corrected chi connectivity index (χ1v) is 6.16. The fourth-order valence-corrected chi connectivity index (χ4v) is 1.70. The van der Waals surface area contributed by atoms with Crippen LogP contribution in [-0.4, -0.2) is 24.5 Å². The molecule has 0 bridgehead atoms. The van der Waals surface area contributed by atoms with Crippen molar-refractivity contribution in [3.8, 4) is 11.3 Å². The van der Waals surface area contributed by atoms with Crippen LogP contribution in [0.5, 0.6) is 0 Å². The number of nitro groups is 1. The van der Waals surface area contributed by atoms with Crippen molar-refractivity contribution in [2.24, 2.45) is 0 Å². The molecule has 0 aliphatic heterocycles. The van der Waals surface area contributed by atoms with E-state index in [4.69, 9.17) is 0 Å². The lowest BCUT2D eigenvalue weighted by atomic mass is 10.2. The summed E-state index contributed by atoms with van der Waals surface area (Å²) in [7, 11) is 0. The molecule has 0 unspecified atom stereocenters. The monoisotopic (exact) mass is 271 g/mol. The van der Waals surface area contributed by atoms with E-state index >= 15 is 0 Å². The summed E-state index contributed by atoms with van der Waals surface area (Å²) in [5.41, 5.74) is 1.49. The Balaban J connectivity index is 0.000000704. The zero-order chi connectivity index (χ0) is 14.5. The van der Waals surface area contributed by atoms with Crippen LogP contribution in [0.4, 0.5) is 5.82 Å². The van der Waals surface area contributed by atoms with Gasteiger partial charge in [-0.3, -0.25) is 0 Å². The molecule has 0 aromatic carbocycles. The number of fused-ring (bicyclic) bond motifs is 1. The molecule has 0 saturated carbocycles. The Bertz CT molecular complexity index is 705. The molecule has 0 N–H and O–H groups in total. The highest BCUT2D eigenvalue weighted by Gasteiger charge is 2.18. The lowest BCUT2D eigenvalue weighted by Gasteiger charge is -1.97. The number of imidazole rings is 1. The van der Waals surface area contributed by atoms with Gasteiger partial charge in [0.1, 0.15) is 6.20 Å². The van der Waals surface area contributed by atoms with Crippen molar-refractivity contribution in [1.82, 2.24) is 19.6 Å². The minimum absolute atomic E-state index is 0.207. The molecule has 0 aliphatic rings. The first-order valence-electron chi connectivity index (χ1n) is 6.16. The Morgan fingerprint density at radius 1 is 1.20 bits per heavy atom. The summed E-state index contributed by atoms with van der Waals surface area (Å²) >= 11 is 0. The molecule has 0 saturated heterocycles. The molecule has 0 spiro atoms. The van der Waals surface area contributed by atoms with Crippen LogP contribution < -0.4 is 0 Å². The summed E-state index contributed by atoms with van der Waals surface area (Å²) in [6.07, 6.45) is 4.64. The Hall–Kier alpha value is -2.83. The number of nitrogens with zero attached hydrogens (tertiary/aromatic N) is 5. The summed E-state index contributed by atoms with van der Waals surface area (Å²) in [6.45, 7) is 4.00. The lowest BCUT2D eigenvalue weighted by molar-refractivity contribution is -0.388. The number of aromatic nitrogens is 4. The molecular formula is C13H13N5O2. The number of pyridine rings is 1. The van der Waals surface area contributed by atoms with Crippen molar-refractivity contribution in [3.63, 3.8) is 0 Å². The van der Waals surface area contributed by atoms with Crippen LogP contribution in [0, 0.1) is 10.1 Å². The van der Waals surface area contributed by atoms with Crippen LogP contribution in [0.3, 0.4) is 0 Å². The van der Waals surface area contributed by atoms with Gasteiger partial charge in [-0.2, -0.15) is 5.10 Å². The maximum absolute atomic E-state index is 10.9. The molecule has 3 heterocycles. The van der Waals surface area contributed by atoms with Crippen LogP contribution in [-0.2, 0) is 0 Å². The highest BCUT2D eigenvalue weighted by molar-refractivity contribution is 5.69. The number of hydrogen-bond acceptors (Lipinski definition) is 5. The Morgan fingerprint density at radius 3 is 2.65 bits per heavy atom. The fourth-order valence-electron chi connectivity index (χ4n) is 1.70. The van der Waals surface area contributed by atoms with Crippen LogP contribution in [0.25, 0.3) is 16.9 Å². The molecule has 0 aliphatic carbocycles. The van der Waals surface area contributed by atoms with Gasteiger partial charge in [-0.05, 0) is 34.2 Å². The van der Waals surface area contributed by atoms with Gasteiger partial charge >= 0.3 is 5.82 Å². The quantitative estimate of drug-likeness (QED) is 0.528. The van der Waals surface area contributed by atoms with Crippen molar-refractivity contribution in [2.75, 3.05) is 0 Å². The van der Waals surface area contributed by atoms with E-state index in [2.05, 4.69) is 15.1 Å². The zero-order valence-corrected chi connectivity index (χ0v) is 11.1. The van der Waals surface area contributed by atoms with Crippen LogP contribution in [0.2, 0.25) is 0 Å². The van der Waals surface area contributed by atoms with Crippen LogP contribution >= 0.6 is 0 Å². The summed E-state index contributed by atoms with van der Waals surface area (Å²) in [5, 5.41) is 15.0. The number of rotatable bonds is 2. The van der Waals surface area contributed by atoms with E-state index in [-0.39, 0.29) is 5.82 Å². The van der Waals surface area contributed by atoms with Gasteiger partial charge in [-0.1, -0.05) is 13.8 Å². The van der Waals surface area contributed by atoms with Crippen molar-refractivity contribution >= 4 is 11.5 Å². The minimum atomic E-state index is -0.521. The molecule has 20 heavy (non-hydrogen) atoms. The second-order valence-electron chi connectivity index (χ2n) is 3.58. The largest absolute Gasteiger partial charge is 0.372 e. The highest BCUT2D eigenvalue weighted by atomic mass is 16.6. The average Bonchev–Trinajstić information content (AvgIpc) is 2.93. The standard InChI is InChI=1S/C11H7N5O2.C2H6/c17-16(18)11-8(3-1-5-12-11)9-7-15-10(14-9)4-2-6-13-15;1-2/h1-7H;1-2H3. The van der Waals surface area contributed by atoms with Crippen molar-refractivity contribution < 1.29 is 4.92 Å². The topological polar surface area (TPSA) is 86.2 Å². The molecule has 0 amide bonds. The Morgan fingerprint density at radius 2 is 1.95 bits per heavy atom.